The maximum Gasteiger partial charge on any atom is 0.251 e. The summed E-state index contributed by atoms with van der Waals surface area (Å²) in [4.78, 5) is 27.7. The molecule has 1 saturated heterocycles. The minimum Gasteiger partial charge on any atom is -0.348 e. The van der Waals surface area contributed by atoms with Crippen LogP contribution in [0.2, 0.25) is 0 Å². The normalized spacial score (nSPS) is 22.9. The smallest absolute Gasteiger partial charge is 0.251 e. The molecule has 0 radical (unpaired) electrons. The van der Waals surface area contributed by atoms with Crippen LogP contribution in [0, 0.1) is 5.92 Å². The van der Waals surface area contributed by atoms with Crippen LogP contribution in [0.15, 0.2) is 54.6 Å². The average molecular weight is 410 g/mol. The minimum absolute atomic E-state index is 0.122. The molecule has 1 heterocycles. The fourth-order valence-electron chi connectivity index (χ4n) is 4.42. The molecule has 0 spiro atoms. The van der Waals surface area contributed by atoms with Crippen LogP contribution in [0.5, 0.6) is 0 Å². The maximum atomic E-state index is 13.0. The van der Waals surface area contributed by atoms with Gasteiger partial charge in [0, 0.05) is 36.7 Å². The molecule has 5 heteroatoms. The van der Waals surface area contributed by atoms with Gasteiger partial charge >= 0.3 is 0 Å². The second-order valence-corrected chi connectivity index (χ2v) is 8.49. The van der Waals surface area contributed by atoms with E-state index in [0.717, 1.165) is 25.7 Å². The molecule has 2 unspecified atom stereocenters. The largest absolute Gasteiger partial charge is 0.348 e. The number of nitrogens with two attached hydrogens (primary N) is 1. The predicted octanol–water partition coefficient (Wildman–Crippen LogP) is 3.83. The van der Waals surface area contributed by atoms with Gasteiger partial charge in [-0.15, -0.1) is 0 Å². The van der Waals surface area contributed by atoms with Gasteiger partial charge in [0.1, 0.15) is 0 Å². The molecule has 0 bridgehead atoms. The molecule has 2 fully saturated rings. The Morgan fingerprint density at radius 1 is 0.833 bits per heavy atom. The van der Waals surface area contributed by atoms with E-state index >= 15 is 0 Å². The Bertz CT molecular complexity index is 733. The molecule has 2 amide bonds. The first-order valence-electron chi connectivity index (χ1n) is 11.4. The van der Waals surface area contributed by atoms with Crippen LogP contribution in [0.25, 0.3) is 0 Å². The number of nitrogens with one attached hydrogen (secondary N) is 1. The van der Waals surface area contributed by atoms with Crippen LogP contribution >= 0.6 is 0 Å². The Morgan fingerprint density at radius 3 is 2.00 bits per heavy atom. The van der Waals surface area contributed by atoms with Crippen molar-refractivity contribution in [1.29, 1.82) is 0 Å². The number of nitrogens with zero attached hydrogens (tertiary/aromatic N) is 1. The van der Waals surface area contributed by atoms with Crippen molar-refractivity contribution in [1.82, 2.24) is 10.2 Å². The first-order chi connectivity index (χ1) is 14.6. The summed E-state index contributed by atoms with van der Waals surface area (Å²) in [7, 11) is 0. The molecule has 1 aromatic rings. The van der Waals surface area contributed by atoms with E-state index < -0.39 is 0 Å². The molecule has 0 aromatic heterocycles. The van der Waals surface area contributed by atoms with Gasteiger partial charge in [0.15, 0.2) is 0 Å². The van der Waals surface area contributed by atoms with Crippen LogP contribution in [-0.2, 0) is 4.79 Å². The number of piperidine rings is 1. The van der Waals surface area contributed by atoms with Gasteiger partial charge in [0.25, 0.3) is 5.91 Å². The molecule has 1 aromatic carbocycles. The van der Waals surface area contributed by atoms with Crippen LogP contribution < -0.4 is 11.1 Å². The molecule has 1 saturated carbocycles. The molecule has 3 rings (SSSR count). The first kappa shape index (κ1) is 22.3. The summed E-state index contributed by atoms with van der Waals surface area (Å²) in [5, 5.41) is 3.08. The van der Waals surface area contributed by atoms with E-state index in [1.54, 1.807) is 12.1 Å². The highest BCUT2D eigenvalue weighted by molar-refractivity contribution is 5.94. The molecule has 2 atom stereocenters. The third-order valence-corrected chi connectivity index (χ3v) is 6.22. The van der Waals surface area contributed by atoms with Gasteiger partial charge in [-0.1, -0.05) is 74.6 Å². The number of likely N-dealkylation sites (tertiary alicyclic amines) is 1. The number of carbonyl (C=O) groups excluding carboxylic acids is 2. The third kappa shape index (κ3) is 6.56. The highest BCUT2D eigenvalue weighted by atomic mass is 16.2. The Kier molecular flexibility index (Phi) is 8.69. The van der Waals surface area contributed by atoms with Crippen LogP contribution in [0.1, 0.15) is 61.7 Å². The first-order valence-corrected chi connectivity index (χ1v) is 11.4. The molecule has 2 aliphatic rings. The highest BCUT2D eigenvalue weighted by Crippen LogP contribution is 2.25. The van der Waals surface area contributed by atoms with Gasteiger partial charge in [-0.2, -0.15) is 0 Å². The van der Waals surface area contributed by atoms with Crippen molar-refractivity contribution in [3.8, 4) is 0 Å². The zero-order valence-corrected chi connectivity index (χ0v) is 17.8. The minimum atomic E-state index is -0.248. The number of hydrogen-bond donors (Lipinski definition) is 2. The molecule has 3 N–H and O–H groups in total. The topological polar surface area (TPSA) is 75.4 Å². The van der Waals surface area contributed by atoms with Crippen molar-refractivity contribution < 1.29 is 9.59 Å². The molecular formula is C25H35N3O2. The van der Waals surface area contributed by atoms with Gasteiger partial charge in [-0.25, -0.2) is 0 Å². The van der Waals surface area contributed by atoms with Crippen molar-refractivity contribution in [3.63, 3.8) is 0 Å². The van der Waals surface area contributed by atoms with Crippen molar-refractivity contribution in [3.05, 3.63) is 60.2 Å². The van der Waals surface area contributed by atoms with Crippen molar-refractivity contribution in [2.45, 2.75) is 63.5 Å². The van der Waals surface area contributed by atoms with E-state index in [1.165, 1.54) is 19.3 Å². The Balaban J connectivity index is 1.57. The summed E-state index contributed by atoms with van der Waals surface area (Å²) in [5.41, 5.74) is 6.98. The predicted molar refractivity (Wildman–Crippen MR) is 120 cm³/mol. The van der Waals surface area contributed by atoms with E-state index in [-0.39, 0.29) is 29.8 Å². The van der Waals surface area contributed by atoms with Crippen molar-refractivity contribution >= 4 is 11.8 Å². The lowest BCUT2D eigenvalue weighted by Crippen LogP contribution is -2.59. The number of hydrogen-bond acceptors (Lipinski definition) is 3. The SMILES string of the molecule is NC1CN(C(=O)C2CCCCCCC2)CCC1NC(=O)c1ccccccccc1. The van der Waals surface area contributed by atoms with Gasteiger partial charge < -0.3 is 16.0 Å². The van der Waals surface area contributed by atoms with Crippen LogP contribution in [0.3, 0.4) is 0 Å². The average Bonchev–Trinajstić information content (AvgIpc) is 2.72. The van der Waals surface area contributed by atoms with Gasteiger partial charge in [0.2, 0.25) is 5.91 Å². The number of carbonyl (C=O) groups is 2. The summed E-state index contributed by atoms with van der Waals surface area (Å²) < 4.78 is 0. The number of rotatable bonds is 3. The second-order valence-electron chi connectivity index (χ2n) is 8.49. The Hall–Kier alpha value is -2.40. The van der Waals surface area contributed by atoms with Crippen molar-refractivity contribution in [2.24, 2.45) is 11.7 Å². The van der Waals surface area contributed by atoms with Crippen LogP contribution in [0.4, 0.5) is 0 Å². The second kappa shape index (κ2) is 11.7. The fraction of sp³-hybridized carbons (Fsp3) is 0.520. The number of amides is 2. The lowest BCUT2D eigenvalue weighted by atomic mass is 9.89. The van der Waals surface area contributed by atoms with E-state index in [1.807, 2.05) is 47.4 Å². The Labute approximate surface area is 180 Å². The summed E-state index contributed by atoms with van der Waals surface area (Å²) in [6, 6.07) is 16.5. The quantitative estimate of drug-likeness (QED) is 0.797. The monoisotopic (exact) mass is 409 g/mol. The summed E-state index contributed by atoms with van der Waals surface area (Å²) in [6.45, 7) is 1.18. The van der Waals surface area contributed by atoms with E-state index in [0.29, 0.717) is 25.1 Å². The highest BCUT2D eigenvalue weighted by Gasteiger charge is 2.33. The lowest BCUT2D eigenvalue weighted by Gasteiger charge is -2.38. The maximum absolute atomic E-state index is 13.0. The van der Waals surface area contributed by atoms with E-state index in [4.69, 9.17) is 5.73 Å². The zero-order valence-electron chi connectivity index (χ0n) is 17.8. The Morgan fingerprint density at radius 2 is 1.40 bits per heavy atom. The van der Waals surface area contributed by atoms with Crippen LogP contribution in [-0.4, -0.2) is 41.9 Å². The third-order valence-electron chi connectivity index (χ3n) is 6.22. The molecule has 1 aliphatic heterocycles. The van der Waals surface area contributed by atoms with Gasteiger partial charge in [-0.05, 0) is 31.4 Å². The molecule has 30 heavy (non-hydrogen) atoms. The molecule has 1 aliphatic carbocycles. The standard InChI is InChI=1S/C25H35N3O2/c26-22-19-28(25(30)21-15-11-7-4-8-12-16-21)18-17-23(22)27-24(29)20-13-9-5-2-1-3-6-10-14-20/h1-3,5-6,9-10,13-14,21-23H,4,7-8,11-12,15-19,26H2,(H,27,29). The molecule has 5 nitrogen and oxygen atoms in total. The van der Waals surface area contributed by atoms with E-state index in [2.05, 4.69) is 5.32 Å². The fourth-order valence-corrected chi connectivity index (χ4v) is 4.42. The molecule has 162 valence electrons. The van der Waals surface area contributed by atoms with Gasteiger partial charge in [-0.3, -0.25) is 9.59 Å². The lowest BCUT2D eigenvalue weighted by molar-refractivity contribution is -0.137. The molecular weight excluding hydrogens is 374 g/mol. The summed E-state index contributed by atoms with van der Waals surface area (Å²) in [5.74, 6) is 0.282. The summed E-state index contributed by atoms with van der Waals surface area (Å²) in [6.07, 6.45) is 8.77. The van der Waals surface area contributed by atoms with E-state index in [9.17, 15) is 9.59 Å². The van der Waals surface area contributed by atoms with Crippen molar-refractivity contribution in [2.75, 3.05) is 13.1 Å². The zero-order chi connectivity index (χ0) is 21.2. The van der Waals surface area contributed by atoms with Gasteiger partial charge in [0.05, 0.1) is 0 Å². The summed E-state index contributed by atoms with van der Waals surface area (Å²) >= 11 is 0.